The lowest BCUT2D eigenvalue weighted by Gasteiger charge is -2.14. The van der Waals surface area contributed by atoms with Crippen LogP contribution in [0.15, 0.2) is 78.9 Å². The molecule has 1 atom stereocenters. The molecule has 0 heteroatoms. The molecule has 0 unspecified atom stereocenters. The fraction of sp³-hybridized carbons (Fsp3) is 0.100. The molecular formula is C20H16. The third kappa shape index (κ3) is 1.69. The molecule has 0 aliphatic heterocycles. The minimum Gasteiger partial charge on any atom is -0.0986 e. The molecule has 1 aliphatic rings. The van der Waals surface area contributed by atoms with Crippen LogP contribution >= 0.6 is 0 Å². The van der Waals surface area contributed by atoms with Crippen LogP contribution in [0.5, 0.6) is 0 Å². The number of hydrogen-bond acceptors (Lipinski definition) is 0. The summed E-state index contributed by atoms with van der Waals surface area (Å²) in [7, 11) is 0. The Hall–Kier alpha value is -2.34. The van der Waals surface area contributed by atoms with Crippen LogP contribution in [0.25, 0.3) is 10.8 Å². The van der Waals surface area contributed by atoms with Gasteiger partial charge in [-0.05, 0) is 33.9 Å². The van der Waals surface area contributed by atoms with Gasteiger partial charge in [0.05, 0.1) is 0 Å². The highest BCUT2D eigenvalue weighted by atomic mass is 14.3. The van der Waals surface area contributed by atoms with Crippen LogP contribution in [0.3, 0.4) is 0 Å². The van der Waals surface area contributed by atoms with Crippen molar-refractivity contribution >= 4 is 10.8 Å². The van der Waals surface area contributed by atoms with Crippen molar-refractivity contribution in [3.05, 3.63) is 95.6 Å². The summed E-state index contributed by atoms with van der Waals surface area (Å²) in [5.41, 5.74) is 5.52. The summed E-state index contributed by atoms with van der Waals surface area (Å²) in [4.78, 5) is 0. The summed E-state index contributed by atoms with van der Waals surface area (Å²) < 4.78 is 0. The van der Waals surface area contributed by atoms with Gasteiger partial charge in [-0.25, -0.2) is 0 Å². The van der Waals surface area contributed by atoms with Crippen LogP contribution in [-0.2, 0) is 6.42 Å². The Labute approximate surface area is 119 Å². The van der Waals surface area contributed by atoms with Gasteiger partial charge in [0.15, 0.2) is 0 Å². The van der Waals surface area contributed by atoms with Gasteiger partial charge in [-0.15, -0.1) is 0 Å². The molecule has 1 aliphatic carbocycles. The Morgan fingerprint density at radius 1 is 0.800 bits per heavy atom. The van der Waals surface area contributed by atoms with Crippen LogP contribution in [0.2, 0.25) is 0 Å². The van der Waals surface area contributed by atoms with Crippen LogP contribution < -0.4 is 0 Å². The van der Waals surface area contributed by atoms with E-state index in [1.807, 2.05) is 0 Å². The topological polar surface area (TPSA) is 0 Å². The lowest BCUT2D eigenvalue weighted by molar-refractivity contribution is 0.990. The third-order valence-electron chi connectivity index (χ3n) is 4.30. The van der Waals surface area contributed by atoms with E-state index in [0.717, 1.165) is 6.42 Å². The number of rotatable bonds is 1. The average Bonchev–Trinajstić information content (AvgIpc) is 2.82. The average molecular weight is 256 g/mol. The quantitative estimate of drug-likeness (QED) is 0.532. The number of benzene rings is 3. The van der Waals surface area contributed by atoms with Crippen molar-refractivity contribution in [3.8, 4) is 0 Å². The summed E-state index contributed by atoms with van der Waals surface area (Å²) in [6, 6.07) is 24.0. The predicted molar refractivity (Wildman–Crippen MR) is 85.1 cm³/mol. The fourth-order valence-corrected chi connectivity index (χ4v) is 3.35. The van der Waals surface area contributed by atoms with E-state index in [1.54, 1.807) is 0 Å². The molecule has 3 aromatic rings. The molecule has 4 rings (SSSR count). The van der Waals surface area contributed by atoms with Gasteiger partial charge < -0.3 is 0 Å². The summed E-state index contributed by atoms with van der Waals surface area (Å²) in [6.07, 6.45) is 1.01. The molecule has 0 bridgehead atoms. The maximum atomic E-state index is 4.31. The normalized spacial score (nSPS) is 17.4. The Balaban J connectivity index is 1.89. The van der Waals surface area contributed by atoms with Crippen molar-refractivity contribution in [2.24, 2.45) is 0 Å². The number of hydrogen-bond donors (Lipinski definition) is 0. The highest BCUT2D eigenvalue weighted by Crippen LogP contribution is 2.41. The fourth-order valence-electron chi connectivity index (χ4n) is 3.35. The van der Waals surface area contributed by atoms with E-state index < -0.39 is 0 Å². The second kappa shape index (κ2) is 4.35. The molecule has 0 spiro atoms. The molecule has 0 N–H and O–H groups in total. The molecule has 0 fully saturated rings. The van der Waals surface area contributed by atoms with Gasteiger partial charge in [0, 0.05) is 5.92 Å². The Morgan fingerprint density at radius 3 is 2.45 bits per heavy atom. The standard InChI is InChI=1S/C20H16/c1-14-12-17-8-4-5-9-19(17)20(14)18-11-10-15-6-2-3-7-16(15)13-18/h2-11,13,20H,1,12H2/t20-/m0/s1. The molecule has 0 radical (unpaired) electrons. The lowest BCUT2D eigenvalue weighted by atomic mass is 9.89. The van der Waals surface area contributed by atoms with E-state index in [9.17, 15) is 0 Å². The first kappa shape index (κ1) is 11.5. The van der Waals surface area contributed by atoms with Gasteiger partial charge in [0.1, 0.15) is 0 Å². The van der Waals surface area contributed by atoms with Gasteiger partial charge in [-0.2, -0.15) is 0 Å². The lowest BCUT2D eigenvalue weighted by Crippen LogP contribution is -1.98. The van der Waals surface area contributed by atoms with E-state index in [-0.39, 0.29) is 0 Å². The molecule has 20 heavy (non-hydrogen) atoms. The predicted octanol–water partition coefficient (Wildman–Crippen LogP) is 5.08. The molecule has 3 aromatic carbocycles. The van der Waals surface area contributed by atoms with Crippen LogP contribution in [0, 0.1) is 0 Å². The monoisotopic (exact) mass is 256 g/mol. The van der Waals surface area contributed by atoms with Gasteiger partial charge in [-0.3, -0.25) is 0 Å². The maximum absolute atomic E-state index is 4.31. The second-order valence-corrected chi connectivity index (χ2v) is 5.57. The zero-order valence-corrected chi connectivity index (χ0v) is 11.3. The molecule has 0 heterocycles. The van der Waals surface area contributed by atoms with Crippen molar-refractivity contribution in [1.82, 2.24) is 0 Å². The van der Waals surface area contributed by atoms with Gasteiger partial charge in [0.25, 0.3) is 0 Å². The van der Waals surface area contributed by atoms with Crippen LogP contribution in [0.4, 0.5) is 0 Å². The second-order valence-electron chi connectivity index (χ2n) is 5.57. The number of fused-ring (bicyclic) bond motifs is 2. The van der Waals surface area contributed by atoms with Crippen molar-refractivity contribution in [2.45, 2.75) is 12.3 Å². The summed E-state index contributed by atoms with van der Waals surface area (Å²) >= 11 is 0. The molecule has 0 amide bonds. The maximum Gasteiger partial charge on any atom is 0.0302 e. The molecule has 96 valence electrons. The van der Waals surface area contributed by atoms with Crippen molar-refractivity contribution in [3.63, 3.8) is 0 Å². The molecule has 0 aromatic heterocycles. The van der Waals surface area contributed by atoms with E-state index in [2.05, 4.69) is 73.3 Å². The Morgan fingerprint density at radius 2 is 1.55 bits per heavy atom. The minimum absolute atomic E-state index is 0.357. The largest absolute Gasteiger partial charge is 0.0986 e. The number of allylic oxidation sites excluding steroid dienone is 1. The summed E-state index contributed by atoms with van der Waals surface area (Å²) in [5, 5.41) is 2.61. The van der Waals surface area contributed by atoms with Gasteiger partial charge in [0.2, 0.25) is 0 Å². The van der Waals surface area contributed by atoms with Crippen LogP contribution in [-0.4, -0.2) is 0 Å². The summed E-state index contributed by atoms with van der Waals surface area (Å²) in [6.45, 7) is 4.31. The van der Waals surface area contributed by atoms with E-state index in [4.69, 9.17) is 0 Å². The van der Waals surface area contributed by atoms with Crippen molar-refractivity contribution in [2.75, 3.05) is 0 Å². The highest BCUT2D eigenvalue weighted by Gasteiger charge is 2.26. The molecule has 0 saturated carbocycles. The third-order valence-corrected chi connectivity index (χ3v) is 4.30. The summed E-state index contributed by atoms with van der Waals surface area (Å²) in [5.74, 6) is 0.357. The minimum atomic E-state index is 0.357. The zero-order valence-electron chi connectivity index (χ0n) is 11.3. The van der Waals surface area contributed by atoms with Crippen molar-refractivity contribution < 1.29 is 0 Å². The highest BCUT2D eigenvalue weighted by molar-refractivity contribution is 5.83. The first-order chi connectivity index (χ1) is 9.83. The van der Waals surface area contributed by atoms with Crippen LogP contribution in [0.1, 0.15) is 22.6 Å². The molecular weight excluding hydrogens is 240 g/mol. The first-order valence-electron chi connectivity index (χ1n) is 7.07. The van der Waals surface area contributed by atoms with E-state index >= 15 is 0 Å². The molecule has 0 nitrogen and oxygen atoms in total. The Kier molecular flexibility index (Phi) is 2.50. The van der Waals surface area contributed by atoms with E-state index in [0.29, 0.717) is 5.92 Å². The Bertz CT molecular complexity index is 811. The van der Waals surface area contributed by atoms with Crippen molar-refractivity contribution in [1.29, 1.82) is 0 Å². The molecule has 0 saturated heterocycles. The van der Waals surface area contributed by atoms with E-state index in [1.165, 1.54) is 33.0 Å². The first-order valence-corrected chi connectivity index (χ1v) is 7.07. The smallest absolute Gasteiger partial charge is 0.0302 e. The van der Waals surface area contributed by atoms with Gasteiger partial charge in [-0.1, -0.05) is 78.9 Å². The van der Waals surface area contributed by atoms with Gasteiger partial charge >= 0.3 is 0 Å². The zero-order chi connectivity index (χ0) is 13.5. The SMILES string of the molecule is C=C1Cc2ccccc2[C@@H]1c1ccc2ccccc2c1.